The Hall–Kier alpha value is -2.59. The molecule has 0 unspecified atom stereocenters. The molecule has 3 N–H and O–H groups in total. The number of imidazole rings is 1. The maximum Gasteiger partial charge on any atom is 0.256 e. The van der Waals surface area contributed by atoms with Crippen LogP contribution in [0.5, 0.6) is 0 Å². The van der Waals surface area contributed by atoms with E-state index in [2.05, 4.69) is 20.3 Å². The molecule has 9 nitrogen and oxygen atoms in total. The number of carbonyl (C=O) groups excluding carboxylic acids is 1. The highest BCUT2D eigenvalue weighted by atomic mass is 35.5. The van der Waals surface area contributed by atoms with Crippen molar-refractivity contribution >= 4 is 34.5 Å². The maximum atomic E-state index is 12.4. The van der Waals surface area contributed by atoms with Crippen LogP contribution < -0.4 is 5.32 Å². The fraction of sp³-hybridized carbons (Fsp3) is 0.294. The molecule has 1 aliphatic heterocycles. The summed E-state index contributed by atoms with van der Waals surface area (Å²) in [4.78, 5) is 25.0. The van der Waals surface area contributed by atoms with Crippen LogP contribution in [0.3, 0.4) is 0 Å². The fourth-order valence-corrected chi connectivity index (χ4v) is 3.20. The fourth-order valence-electron chi connectivity index (χ4n) is 3.01. The molecule has 140 valence electrons. The third-order valence-electron chi connectivity index (χ3n) is 4.37. The largest absolute Gasteiger partial charge is 0.394 e. The molecule has 3 aromatic rings. The molecule has 27 heavy (non-hydrogen) atoms. The van der Waals surface area contributed by atoms with Crippen molar-refractivity contribution in [1.82, 2.24) is 19.5 Å². The Balaban J connectivity index is 1.62. The van der Waals surface area contributed by atoms with E-state index in [9.17, 15) is 15.0 Å². The average molecular weight is 390 g/mol. The summed E-state index contributed by atoms with van der Waals surface area (Å²) in [5.41, 5.74) is 1.22. The van der Waals surface area contributed by atoms with Gasteiger partial charge in [0.1, 0.15) is 18.7 Å². The van der Waals surface area contributed by atoms with Crippen LogP contribution in [0.1, 0.15) is 23.0 Å². The number of nitrogens with one attached hydrogen (secondary N) is 1. The van der Waals surface area contributed by atoms with E-state index >= 15 is 0 Å². The summed E-state index contributed by atoms with van der Waals surface area (Å²) in [6.07, 6.45) is 1.16. The third-order valence-corrected chi connectivity index (χ3v) is 4.61. The third kappa shape index (κ3) is 3.37. The Bertz CT molecular complexity index is 994. The Morgan fingerprint density at radius 1 is 1.37 bits per heavy atom. The van der Waals surface area contributed by atoms with Crippen molar-refractivity contribution in [3.05, 3.63) is 47.5 Å². The highest BCUT2D eigenvalue weighted by molar-refractivity contribution is 6.31. The Kier molecular flexibility index (Phi) is 4.75. The van der Waals surface area contributed by atoms with Gasteiger partial charge in [0.25, 0.3) is 5.91 Å². The van der Waals surface area contributed by atoms with E-state index in [0.717, 1.165) is 0 Å². The van der Waals surface area contributed by atoms with Gasteiger partial charge in [-0.2, -0.15) is 0 Å². The summed E-state index contributed by atoms with van der Waals surface area (Å²) in [6, 6.07) is 6.55. The van der Waals surface area contributed by atoms with E-state index in [0.29, 0.717) is 28.2 Å². The van der Waals surface area contributed by atoms with E-state index in [1.807, 2.05) is 0 Å². The van der Waals surface area contributed by atoms with Crippen LogP contribution in [0.25, 0.3) is 11.2 Å². The number of aromatic nitrogens is 4. The molecule has 0 aliphatic carbocycles. The molecule has 4 rings (SSSR count). The molecule has 2 aromatic heterocycles. The molecular weight excluding hydrogens is 374 g/mol. The van der Waals surface area contributed by atoms with Crippen molar-refractivity contribution in [3.8, 4) is 0 Å². The molecule has 3 heterocycles. The zero-order valence-corrected chi connectivity index (χ0v) is 14.7. The lowest BCUT2D eigenvalue weighted by Crippen LogP contribution is -2.24. The number of hydrogen-bond donors (Lipinski definition) is 3. The number of nitrogens with zero attached hydrogens (tertiary/aromatic N) is 4. The lowest BCUT2D eigenvalue weighted by atomic mass is 10.2. The predicted octanol–water partition coefficient (Wildman–Crippen LogP) is 1.37. The summed E-state index contributed by atoms with van der Waals surface area (Å²) in [5, 5.41) is 22.3. The summed E-state index contributed by atoms with van der Waals surface area (Å²) in [5.74, 6) is -0.124. The first-order valence-corrected chi connectivity index (χ1v) is 8.63. The Morgan fingerprint density at radius 2 is 2.22 bits per heavy atom. The van der Waals surface area contributed by atoms with Crippen LogP contribution in [0.4, 0.5) is 5.82 Å². The number of amides is 1. The molecule has 10 heteroatoms. The van der Waals surface area contributed by atoms with E-state index in [4.69, 9.17) is 16.3 Å². The molecule has 1 aromatic carbocycles. The predicted molar refractivity (Wildman–Crippen MR) is 96.3 cm³/mol. The number of benzene rings is 1. The first-order chi connectivity index (χ1) is 13.1. The average Bonchev–Trinajstić information content (AvgIpc) is 3.25. The van der Waals surface area contributed by atoms with Gasteiger partial charge in [0.2, 0.25) is 0 Å². The number of aliphatic hydroxyl groups is 2. The van der Waals surface area contributed by atoms with Crippen molar-refractivity contribution in [1.29, 1.82) is 0 Å². The molecule has 0 saturated carbocycles. The number of ether oxygens (including phenoxy) is 1. The maximum absolute atomic E-state index is 12.4. The van der Waals surface area contributed by atoms with Gasteiger partial charge in [-0.1, -0.05) is 17.7 Å². The van der Waals surface area contributed by atoms with Gasteiger partial charge in [0.05, 0.1) is 19.0 Å². The number of halogens is 1. The van der Waals surface area contributed by atoms with Gasteiger partial charge in [0, 0.05) is 17.0 Å². The van der Waals surface area contributed by atoms with E-state index in [-0.39, 0.29) is 18.3 Å². The van der Waals surface area contributed by atoms with Gasteiger partial charge in [-0.25, -0.2) is 15.0 Å². The highest BCUT2D eigenvalue weighted by Gasteiger charge is 2.35. The first kappa shape index (κ1) is 17.8. The van der Waals surface area contributed by atoms with E-state index in [1.165, 1.54) is 12.7 Å². The number of hydrogen-bond acceptors (Lipinski definition) is 7. The van der Waals surface area contributed by atoms with Crippen LogP contribution in [0.2, 0.25) is 5.02 Å². The highest BCUT2D eigenvalue weighted by Crippen LogP contribution is 2.31. The second-order valence-electron chi connectivity index (χ2n) is 6.13. The monoisotopic (exact) mass is 389 g/mol. The molecule has 3 atom stereocenters. The van der Waals surface area contributed by atoms with E-state index < -0.39 is 18.4 Å². The van der Waals surface area contributed by atoms with Gasteiger partial charge < -0.3 is 20.3 Å². The zero-order chi connectivity index (χ0) is 19.0. The molecule has 1 aliphatic rings. The quantitative estimate of drug-likeness (QED) is 0.615. The number of aliphatic hydroxyl groups excluding tert-OH is 2. The van der Waals surface area contributed by atoms with Gasteiger partial charge in [-0.05, 0) is 18.2 Å². The second kappa shape index (κ2) is 7.20. The van der Waals surface area contributed by atoms with Crippen molar-refractivity contribution in [3.63, 3.8) is 0 Å². The number of anilines is 1. The zero-order valence-electron chi connectivity index (χ0n) is 14.0. The topological polar surface area (TPSA) is 122 Å². The minimum absolute atomic E-state index is 0.251. The van der Waals surface area contributed by atoms with Gasteiger partial charge in [-0.3, -0.25) is 9.36 Å². The SMILES string of the molecule is O=C(Nc1ncnc2c1ncn2[C@H]1C[C@H](O)[C@@H](CO)O1)c1cccc(Cl)c1. The molecule has 1 fully saturated rings. The number of carbonyl (C=O) groups is 1. The molecule has 1 amide bonds. The van der Waals surface area contributed by atoms with Crippen molar-refractivity contribution in [2.75, 3.05) is 11.9 Å². The van der Waals surface area contributed by atoms with Crippen LogP contribution in [0, 0.1) is 0 Å². The van der Waals surface area contributed by atoms with Crippen molar-refractivity contribution < 1.29 is 19.7 Å². The first-order valence-electron chi connectivity index (χ1n) is 8.25. The Morgan fingerprint density at radius 3 is 2.96 bits per heavy atom. The van der Waals surface area contributed by atoms with Crippen LogP contribution >= 0.6 is 11.6 Å². The van der Waals surface area contributed by atoms with Crippen LogP contribution in [-0.2, 0) is 4.74 Å². The standard InChI is InChI=1S/C17H16ClN5O4/c18-10-3-1-2-9(4-10)17(26)22-15-14-16(20-7-19-15)23(8-21-14)13-5-11(25)12(6-24)27-13/h1-4,7-8,11-13,24-25H,5-6H2,(H,19,20,22,26)/t11-,12+,13+/m0/s1. The number of rotatable bonds is 4. The van der Waals surface area contributed by atoms with Crippen LogP contribution in [-0.4, -0.2) is 54.5 Å². The smallest absolute Gasteiger partial charge is 0.256 e. The summed E-state index contributed by atoms with van der Waals surface area (Å²) >= 11 is 5.93. The van der Waals surface area contributed by atoms with Crippen molar-refractivity contribution in [2.45, 2.75) is 24.9 Å². The summed E-state index contributed by atoms with van der Waals surface area (Å²) in [7, 11) is 0. The lowest BCUT2D eigenvalue weighted by Gasteiger charge is -2.13. The van der Waals surface area contributed by atoms with Crippen molar-refractivity contribution in [2.24, 2.45) is 0 Å². The molecular formula is C17H16ClN5O4. The van der Waals surface area contributed by atoms with Crippen LogP contribution in [0.15, 0.2) is 36.9 Å². The lowest BCUT2D eigenvalue weighted by molar-refractivity contribution is -0.0432. The van der Waals surface area contributed by atoms with Gasteiger partial charge >= 0.3 is 0 Å². The normalized spacial score (nSPS) is 22.3. The molecule has 0 spiro atoms. The van der Waals surface area contributed by atoms with Gasteiger partial charge in [0.15, 0.2) is 17.0 Å². The summed E-state index contributed by atoms with van der Waals surface area (Å²) < 4.78 is 7.28. The second-order valence-corrected chi connectivity index (χ2v) is 6.56. The molecule has 1 saturated heterocycles. The molecule has 0 radical (unpaired) electrons. The number of fused-ring (bicyclic) bond motifs is 1. The minimum Gasteiger partial charge on any atom is -0.394 e. The minimum atomic E-state index is -0.777. The van der Waals surface area contributed by atoms with E-state index in [1.54, 1.807) is 28.8 Å². The van der Waals surface area contributed by atoms with Gasteiger partial charge in [-0.15, -0.1) is 0 Å². The molecule has 0 bridgehead atoms. The Labute approximate surface area is 158 Å². The summed E-state index contributed by atoms with van der Waals surface area (Å²) in [6.45, 7) is -0.278.